The van der Waals surface area contributed by atoms with Gasteiger partial charge in [-0.1, -0.05) is 6.07 Å². The van der Waals surface area contributed by atoms with Gasteiger partial charge in [-0.3, -0.25) is 18.9 Å². The molecule has 0 fully saturated rings. The lowest BCUT2D eigenvalue weighted by Gasteiger charge is -2.31. The van der Waals surface area contributed by atoms with Crippen LogP contribution in [0.3, 0.4) is 0 Å². The Morgan fingerprint density at radius 3 is 1.77 bits per heavy atom. The van der Waals surface area contributed by atoms with Gasteiger partial charge in [0.25, 0.3) is 5.91 Å². The molecule has 0 atom stereocenters. The van der Waals surface area contributed by atoms with Crippen molar-refractivity contribution in [3.63, 3.8) is 0 Å². The van der Waals surface area contributed by atoms with Gasteiger partial charge in [0.15, 0.2) is 0 Å². The SMILES string of the molecule is CCOP(=O)(OCC)C(NC(=O)c1ccccn1)P(=O)(OCC)OCC. The zero-order valence-corrected chi connectivity index (χ0v) is 17.2. The summed E-state index contributed by atoms with van der Waals surface area (Å²) in [5.41, 5.74) is -1.57. The number of nitrogens with one attached hydrogen (secondary N) is 1. The number of amides is 1. The van der Waals surface area contributed by atoms with Gasteiger partial charge in [-0.15, -0.1) is 0 Å². The molecule has 1 heterocycles. The van der Waals surface area contributed by atoms with E-state index in [-0.39, 0.29) is 32.1 Å². The lowest BCUT2D eigenvalue weighted by Crippen LogP contribution is -2.37. The fraction of sp³-hybridized carbons (Fsp3) is 0.600. The van der Waals surface area contributed by atoms with Crippen LogP contribution in [0.15, 0.2) is 24.4 Å². The molecule has 1 aromatic heterocycles. The Morgan fingerprint density at radius 1 is 0.962 bits per heavy atom. The van der Waals surface area contributed by atoms with E-state index >= 15 is 0 Å². The van der Waals surface area contributed by atoms with Crippen LogP contribution in [0.1, 0.15) is 38.2 Å². The summed E-state index contributed by atoms with van der Waals surface area (Å²) in [7, 11) is -8.12. The lowest BCUT2D eigenvalue weighted by molar-refractivity contribution is 0.0933. The smallest absolute Gasteiger partial charge is 0.327 e. The standard InChI is InChI=1S/C15H26N2O7P2/c1-5-21-25(19,22-6-2)15(26(20,23-7-3)24-8-4)17-14(18)13-11-9-10-12-16-13/h9-12,15H,5-8H2,1-4H3,(H,17,18). The minimum atomic E-state index is -4.06. The second-order valence-corrected chi connectivity index (χ2v) is 9.45. The van der Waals surface area contributed by atoms with Gasteiger partial charge in [0, 0.05) is 6.20 Å². The minimum Gasteiger partial charge on any atom is -0.327 e. The molecule has 1 rings (SSSR count). The van der Waals surface area contributed by atoms with E-state index in [0.29, 0.717) is 0 Å². The molecule has 0 aliphatic heterocycles. The Labute approximate surface area is 153 Å². The van der Waals surface area contributed by atoms with Gasteiger partial charge in [-0.25, -0.2) is 0 Å². The van der Waals surface area contributed by atoms with E-state index in [9.17, 15) is 13.9 Å². The van der Waals surface area contributed by atoms with E-state index in [0.717, 1.165) is 0 Å². The van der Waals surface area contributed by atoms with E-state index in [1.165, 1.54) is 12.3 Å². The van der Waals surface area contributed by atoms with E-state index in [1.807, 2.05) is 0 Å². The first kappa shape index (κ1) is 23.0. The van der Waals surface area contributed by atoms with Crippen molar-refractivity contribution in [3.8, 4) is 0 Å². The summed E-state index contributed by atoms with van der Waals surface area (Å²) in [6, 6.07) is 4.72. The molecule has 0 aliphatic carbocycles. The summed E-state index contributed by atoms with van der Waals surface area (Å²) in [5, 5.41) is 2.43. The summed E-state index contributed by atoms with van der Waals surface area (Å²) < 4.78 is 47.6. The molecule has 0 aliphatic rings. The van der Waals surface area contributed by atoms with E-state index in [1.54, 1.807) is 39.8 Å². The molecular weight excluding hydrogens is 382 g/mol. The van der Waals surface area contributed by atoms with Crippen LogP contribution in [-0.4, -0.2) is 42.8 Å². The molecule has 0 spiro atoms. The highest BCUT2D eigenvalue weighted by atomic mass is 31.2. The number of hydrogen-bond donors (Lipinski definition) is 1. The molecule has 0 saturated carbocycles. The van der Waals surface area contributed by atoms with Crippen LogP contribution in [-0.2, 0) is 27.2 Å². The maximum atomic E-state index is 13.3. The fourth-order valence-electron chi connectivity index (χ4n) is 2.10. The molecular formula is C15H26N2O7P2. The van der Waals surface area contributed by atoms with Crippen LogP contribution in [0.2, 0.25) is 0 Å². The Hall–Kier alpha value is -1.08. The normalized spacial score (nSPS) is 12.3. The van der Waals surface area contributed by atoms with Crippen molar-refractivity contribution in [1.29, 1.82) is 0 Å². The van der Waals surface area contributed by atoms with Crippen LogP contribution < -0.4 is 5.32 Å². The minimum absolute atomic E-state index is 0.0193. The third kappa shape index (κ3) is 5.98. The third-order valence-electron chi connectivity index (χ3n) is 2.99. The zero-order chi connectivity index (χ0) is 19.6. The molecule has 0 aromatic carbocycles. The predicted molar refractivity (Wildman–Crippen MR) is 97.2 cm³/mol. The fourth-order valence-corrected chi connectivity index (χ4v) is 6.99. The quantitative estimate of drug-likeness (QED) is 0.522. The number of pyridine rings is 1. The molecule has 0 radical (unpaired) electrons. The molecule has 1 N–H and O–H groups in total. The van der Waals surface area contributed by atoms with Gasteiger partial charge in [-0.05, 0) is 39.8 Å². The van der Waals surface area contributed by atoms with E-state index in [2.05, 4.69) is 10.3 Å². The van der Waals surface area contributed by atoms with Crippen molar-refractivity contribution in [2.75, 3.05) is 26.4 Å². The maximum Gasteiger partial charge on any atom is 0.365 e. The predicted octanol–water partition coefficient (Wildman–Crippen LogP) is 3.63. The van der Waals surface area contributed by atoms with Gasteiger partial charge < -0.3 is 23.4 Å². The van der Waals surface area contributed by atoms with Gasteiger partial charge in [0.2, 0.25) is 5.52 Å². The molecule has 9 nitrogen and oxygen atoms in total. The second-order valence-electron chi connectivity index (χ2n) is 4.81. The lowest BCUT2D eigenvalue weighted by atomic mass is 10.3. The molecule has 1 aromatic rings. The summed E-state index contributed by atoms with van der Waals surface area (Å²) in [6.07, 6.45) is 1.43. The van der Waals surface area contributed by atoms with Crippen LogP contribution in [0.5, 0.6) is 0 Å². The van der Waals surface area contributed by atoms with Crippen molar-refractivity contribution in [2.45, 2.75) is 33.2 Å². The van der Waals surface area contributed by atoms with Gasteiger partial charge in [0.05, 0.1) is 26.4 Å². The monoisotopic (exact) mass is 408 g/mol. The summed E-state index contributed by atoms with van der Waals surface area (Å²) in [5.74, 6) is -0.699. The number of rotatable bonds is 12. The molecule has 0 saturated heterocycles. The molecule has 0 bridgehead atoms. The van der Waals surface area contributed by atoms with Gasteiger partial charge in [-0.2, -0.15) is 0 Å². The number of hydrogen-bond acceptors (Lipinski definition) is 8. The van der Waals surface area contributed by atoms with Crippen LogP contribution >= 0.6 is 15.2 Å². The first-order chi connectivity index (χ1) is 12.4. The average molecular weight is 408 g/mol. The topological polar surface area (TPSA) is 113 Å². The highest BCUT2D eigenvalue weighted by Crippen LogP contribution is 2.69. The number of carbonyl (C=O) groups excluding carboxylic acids is 1. The summed E-state index contributed by atoms with van der Waals surface area (Å²) in [4.78, 5) is 16.5. The molecule has 1 amide bonds. The number of carbonyl (C=O) groups is 1. The van der Waals surface area contributed by atoms with Crippen LogP contribution in [0.4, 0.5) is 0 Å². The van der Waals surface area contributed by atoms with Crippen LogP contribution in [0.25, 0.3) is 0 Å². The van der Waals surface area contributed by atoms with Crippen LogP contribution in [0, 0.1) is 0 Å². The highest BCUT2D eigenvalue weighted by Gasteiger charge is 2.52. The molecule has 11 heteroatoms. The van der Waals surface area contributed by atoms with Gasteiger partial charge >= 0.3 is 15.2 Å². The molecule has 26 heavy (non-hydrogen) atoms. The number of aromatic nitrogens is 1. The van der Waals surface area contributed by atoms with Crippen molar-refractivity contribution >= 4 is 21.1 Å². The van der Waals surface area contributed by atoms with Crippen molar-refractivity contribution in [2.24, 2.45) is 0 Å². The third-order valence-corrected chi connectivity index (χ3v) is 8.62. The summed E-state index contributed by atoms with van der Waals surface area (Å²) in [6.45, 7) is 6.50. The van der Waals surface area contributed by atoms with Crippen molar-refractivity contribution < 1.29 is 32.0 Å². The molecule has 148 valence electrons. The number of nitrogens with zero attached hydrogens (tertiary/aromatic N) is 1. The Kier molecular flexibility index (Phi) is 9.64. The van der Waals surface area contributed by atoms with E-state index < -0.39 is 26.6 Å². The Bertz CT molecular complexity index is 607. The Balaban J connectivity index is 3.33. The van der Waals surface area contributed by atoms with Gasteiger partial charge in [0.1, 0.15) is 5.69 Å². The first-order valence-corrected chi connectivity index (χ1v) is 11.6. The molecule has 0 unspecified atom stereocenters. The Morgan fingerprint density at radius 2 is 1.42 bits per heavy atom. The van der Waals surface area contributed by atoms with Crippen molar-refractivity contribution in [3.05, 3.63) is 30.1 Å². The maximum absolute atomic E-state index is 13.3. The zero-order valence-electron chi connectivity index (χ0n) is 15.4. The second kappa shape index (κ2) is 10.9. The van der Waals surface area contributed by atoms with Crippen molar-refractivity contribution in [1.82, 2.24) is 10.3 Å². The highest BCUT2D eigenvalue weighted by molar-refractivity contribution is 7.72. The van der Waals surface area contributed by atoms with E-state index in [4.69, 9.17) is 18.1 Å². The largest absolute Gasteiger partial charge is 0.365 e. The average Bonchev–Trinajstić information content (AvgIpc) is 2.61. The summed E-state index contributed by atoms with van der Waals surface area (Å²) >= 11 is 0. The first-order valence-electron chi connectivity index (χ1n) is 8.36.